The Balaban J connectivity index is 2.08. The molecule has 0 saturated carbocycles. The molecule has 4 heteroatoms. The predicted octanol–water partition coefficient (Wildman–Crippen LogP) is 3.31. The fourth-order valence-electron chi connectivity index (χ4n) is 3.36. The minimum Gasteiger partial charge on any atom is -0.461 e. The van der Waals surface area contributed by atoms with Gasteiger partial charge in [-0.25, -0.2) is 9.78 Å². The Morgan fingerprint density at radius 3 is 3.05 bits per heavy atom. The number of benzene rings is 1. The summed E-state index contributed by atoms with van der Waals surface area (Å²) in [7, 11) is 0. The van der Waals surface area contributed by atoms with Crippen LogP contribution in [0.3, 0.4) is 0 Å². The van der Waals surface area contributed by atoms with Crippen LogP contribution in [0.25, 0.3) is 21.8 Å². The lowest BCUT2D eigenvalue weighted by molar-refractivity contribution is 0.0518. The number of carbonyl (C=O) groups excluding carboxylic acids is 1. The first kappa shape index (κ1) is 12.4. The lowest BCUT2D eigenvalue weighted by atomic mass is 10.0. The Bertz CT molecular complexity index is 864. The van der Waals surface area contributed by atoms with E-state index in [1.54, 1.807) is 0 Å². The molecule has 3 aromatic rings. The van der Waals surface area contributed by atoms with Crippen molar-refractivity contribution in [2.45, 2.75) is 26.3 Å². The topological polar surface area (TPSA) is 44.1 Å². The lowest BCUT2D eigenvalue weighted by Gasteiger charge is -2.18. The molecule has 4 nitrogen and oxygen atoms in total. The molecule has 106 valence electrons. The maximum absolute atomic E-state index is 12.1. The Morgan fingerprint density at radius 1 is 1.33 bits per heavy atom. The summed E-state index contributed by atoms with van der Waals surface area (Å²) in [6.45, 7) is 3.18. The van der Waals surface area contributed by atoms with Gasteiger partial charge >= 0.3 is 5.97 Å². The van der Waals surface area contributed by atoms with Crippen LogP contribution >= 0.6 is 0 Å². The molecule has 0 atom stereocenters. The number of para-hydroxylation sites is 1. The van der Waals surface area contributed by atoms with Gasteiger partial charge in [0.1, 0.15) is 0 Å². The fraction of sp³-hybridized carbons (Fsp3) is 0.294. The van der Waals surface area contributed by atoms with Gasteiger partial charge in [-0.3, -0.25) is 0 Å². The van der Waals surface area contributed by atoms with Crippen molar-refractivity contribution in [1.82, 2.24) is 9.55 Å². The molecule has 0 radical (unpaired) electrons. The quantitative estimate of drug-likeness (QED) is 0.676. The SMILES string of the molecule is CCOC(=O)c1ncc2c3ccccc3n3c2c1CCC3. The highest BCUT2D eigenvalue weighted by molar-refractivity contribution is 6.10. The van der Waals surface area contributed by atoms with Crippen LogP contribution in [0, 0.1) is 0 Å². The van der Waals surface area contributed by atoms with Gasteiger partial charge in [0.2, 0.25) is 0 Å². The Labute approximate surface area is 122 Å². The molecule has 0 saturated heterocycles. The molecule has 1 aliphatic heterocycles. The van der Waals surface area contributed by atoms with Crippen molar-refractivity contribution in [2.75, 3.05) is 6.61 Å². The Hall–Kier alpha value is -2.36. The zero-order valence-corrected chi connectivity index (χ0v) is 11.9. The molecule has 0 amide bonds. The number of esters is 1. The van der Waals surface area contributed by atoms with Crippen LogP contribution in [0.5, 0.6) is 0 Å². The summed E-state index contributed by atoms with van der Waals surface area (Å²) in [4.78, 5) is 16.5. The van der Waals surface area contributed by atoms with Crippen LogP contribution in [-0.2, 0) is 17.7 Å². The van der Waals surface area contributed by atoms with Crippen LogP contribution in [0.2, 0.25) is 0 Å². The van der Waals surface area contributed by atoms with Crippen LogP contribution in [-0.4, -0.2) is 22.1 Å². The van der Waals surface area contributed by atoms with Crippen molar-refractivity contribution >= 4 is 27.8 Å². The second-order valence-corrected chi connectivity index (χ2v) is 5.34. The maximum Gasteiger partial charge on any atom is 0.357 e. The van der Waals surface area contributed by atoms with Crippen LogP contribution in [0.15, 0.2) is 30.5 Å². The first-order chi connectivity index (χ1) is 10.3. The summed E-state index contributed by atoms with van der Waals surface area (Å²) < 4.78 is 7.46. The monoisotopic (exact) mass is 280 g/mol. The van der Waals surface area contributed by atoms with E-state index in [0.717, 1.165) is 35.9 Å². The zero-order chi connectivity index (χ0) is 14.4. The van der Waals surface area contributed by atoms with Gasteiger partial charge in [0.15, 0.2) is 5.69 Å². The van der Waals surface area contributed by atoms with Gasteiger partial charge in [-0.2, -0.15) is 0 Å². The molecule has 2 aromatic heterocycles. The fourth-order valence-corrected chi connectivity index (χ4v) is 3.36. The molecule has 3 heterocycles. The molecule has 0 bridgehead atoms. The van der Waals surface area contributed by atoms with E-state index in [1.807, 2.05) is 19.2 Å². The summed E-state index contributed by atoms with van der Waals surface area (Å²) >= 11 is 0. The van der Waals surface area contributed by atoms with Gasteiger partial charge in [0, 0.05) is 34.6 Å². The molecule has 21 heavy (non-hydrogen) atoms. The van der Waals surface area contributed by atoms with Gasteiger partial charge in [0.25, 0.3) is 0 Å². The second kappa shape index (κ2) is 4.58. The summed E-state index contributed by atoms with van der Waals surface area (Å²) in [5.74, 6) is -0.312. The van der Waals surface area contributed by atoms with Gasteiger partial charge in [0.05, 0.1) is 12.1 Å². The van der Waals surface area contributed by atoms with E-state index in [9.17, 15) is 4.79 Å². The summed E-state index contributed by atoms with van der Waals surface area (Å²) in [6.07, 6.45) is 3.73. The van der Waals surface area contributed by atoms with Gasteiger partial charge in [-0.15, -0.1) is 0 Å². The maximum atomic E-state index is 12.1. The Kier molecular flexibility index (Phi) is 2.70. The summed E-state index contributed by atoms with van der Waals surface area (Å²) in [5, 5.41) is 2.34. The second-order valence-electron chi connectivity index (χ2n) is 5.34. The van der Waals surface area contributed by atoms with Crippen molar-refractivity contribution < 1.29 is 9.53 Å². The summed E-state index contributed by atoms with van der Waals surface area (Å²) in [5.41, 5.74) is 3.89. The zero-order valence-electron chi connectivity index (χ0n) is 11.9. The minimum absolute atomic E-state index is 0.312. The average Bonchev–Trinajstić information content (AvgIpc) is 2.85. The lowest BCUT2D eigenvalue weighted by Crippen LogP contribution is -2.15. The molecule has 0 fully saturated rings. The average molecular weight is 280 g/mol. The van der Waals surface area contributed by atoms with E-state index in [1.165, 1.54) is 10.9 Å². The predicted molar refractivity (Wildman–Crippen MR) is 81.5 cm³/mol. The van der Waals surface area contributed by atoms with E-state index < -0.39 is 0 Å². The number of fused-ring (bicyclic) bond motifs is 3. The van der Waals surface area contributed by atoms with E-state index in [4.69, 9.17) is 4.74 Å². The van der Waals surface area contributed by atoms with E-state index >= 15 is 0 Å². The Morgan fingerprint density at radius 2 is 2.19 bits per heavy atom. The molecule has 0 spiro atoms. The number of hydrogen-bond donors (Lipinski definition) is 0. The van der Waals surface area contributed by atoms with E-state index in [-0.39, 0.29) is 5.97 Å². The third-order valence-electron chi connectivity index (χ3n) is 4.18. The van der Waals surface area contributed by atoms with Gasteiger partial charge in [-0.1, -0.05) is 18.2 Å². The number of rotatable bonds is 2. The van der Waals surface area contributed by atoms with Crippen molar-refractivity contribution in [3.8, 4) is 0 Å². The van der Waals surface area contributed by atoms with Crippen molar-refractivity contribution in [3.05, 3.63) is 41.7 Å². The largest absolute Gasteiger partial charge is 0.461 e. The standard InChI is InChI=1S/C17H16N2O2/c1-2-21-17(20)15-12-7-5-9-19-14-8-4-3-6-11(14)13(10-18-15)16(12)19/h3-4,6,8,10H,2,5,7,9H2,1H3. The van der Waals surface area contributed by atoms with Crippen LogP contribution in [0.4, 0.5) is 0 Å². The first-order valence-corrected chi connectivity index (χ1v) is 7.37. The third kappa shape index (κ3) is 1.68. The third-order valence-corrected chi connectivity index (χ3v) is 4.18. The number of aryl methyl sites for hydroxylation is 2. The molecular formula is C17H16N2O2. The smallest absolute Gasteiger partial charge is 0.357 e. The van der Waals surface area contributed by atoms with Crippen LogP contribution in [0.1, 0.15) is 29.4 Å². The van der Waals surface area contributed by atoms with Gasteiger partial charge in [-0.05, 0) is 25.8 Å². The van der Waals surface area contributed by atoms with Gasteiger partial charge < -0.3 is 9.30 Å². The molecule has 0 unspecified atom stereocenters. The van der Waals surface area contributed by atoms with Crippen molar-refractivity contribution in [3.63, 3.8) is 0 Å². The number of pyridine rings is 1. The number of nitrogens with zero attached hydrogens (tertiary/aromatic N) is 2. The molecular weight excluding hydrogens is 264 g/mol. The van der Waals surface area contributed by atoms with Crippen molar-refractivity contribution in [1.29, 1.82) is 0 Å². The highest BCUT2D eigenvalue weighted by Crippen LogP contribution is 2.35. The summed E-state index contributed by atoms with van der Waals surface area (Å²) in [6, 6.07) is 8.35. The normalized spacial score (nSPS) is 13.8. The molecule has 1 aliphatic rings. The highest BCUT2D eigenvalue weighted by Gasteiger charge is 2.24. The minimum atomic E-state index is -0.312. The molecule has 4 rings (SSSR count). The highest BCUT2D eigenvalue weighted by atomic mass is 16.5. The van der Waals surface area contributed by atoms with E-state index in [0.29, 0.717) is 12.3 Å². The number of hydrogen-bond acceptors (Lipinski definition) is 3. The number of carbonyl (C=O) groups is 1. The molecule has 0 aliphatic carbocycles. The molecule has 1 aromatic carbocycles. The van der Waals surface area contributed by atoms with Crippen molar-refractivity contribution in [2.24, 2.45) is 0 Å². The van der Waals surface area contributed by atoms with E-state index in [2.05, 4.69) is 27.8 Å². The number of aromatic nitrogens is 2. The van der Waals surface area contributed by atoms with Crippen LogP contribution < -0.4 is 0 Å². The molecule has 0 N–H and O–H groups in total. The first-order valence-electron chi connectivity index (χ1n) is 7.37. The number of ether oxygens (including phenoxy) is 1.